The lowest BCUT2D eigenvalue weighted by Crippen LogP contribution is -2.40. The Labute approximate surface area is 108 Å². The summed E-state index contributed by atoms with van der Waals surface area (Å²) in [6.07, 6.45) is 13.9. The molecule has 0 radical (unpaired) electrons. The number of hydrogen-bond donors (Lipinski definition) is 1. The van der Waals surface area contributed by atoms with Crippen molar-refractivity contribution in [2.24, 2.45) is 5.73 Å². The van der Waals surface area contributed by atoms with E-state index in [1.807, 2.05) is 0 Å². The van der Waals surface area contributed by atoms with Crippen molar-refractivity contribution in [3.05, 3.63) is 0 Å². The minimum atomic E-state index is 0.674. The fourth-order valence-corrected chi connectivity index (χ4v) is 2.89. The predicted octanol–water partition coefficient (Wildman–Crippen LogP) is 3.55. The summed E-state index contributed by atoms with van der Waals surface area (Å²) in [6.45, 7) is 5.71. The van der Waals surface area contributed by atoms with Gasteiger partial charge in [0.1, 0.15) is 0 Å². The highest BCUT2D eigenvalue weighted by Gasteiger charge is 2.18. The van der Waals surface area contributed by atoms with Crippen LogP contribution in [0.1, 0.15) is 71.1 Å². The molecule has 0 aromatic heterocycles. The molecule has 0 amide bonds. The maximum Gasteiger partial charge on any atom is 0.0218 e. The van der Waals surface area contributed by atoms with Crippen molar-refractivity contribution in [3.63, 3.8) is 0 Å². The van der Waals surface area contributed by atoms with Crippen LogP contribution in [-0.4, -0.2) is 30.6 Å². The van der Waals surface area contributed by atoms with Crippen LogP contribution in [0.25, 0.3) is 0 Å². The first-order chi connectivity index (χ1) is 8.38. The van der Waals surface area contributed by atoms with Gasteiger partial charge in [0, 0.05) is 12.6 Å². The van der Waals surface area contributed by atoms with Crippen LogP contribution in [0.3, 0.4) is 0 Å². The van der Waals surface area contributed by atoms with E-state index in [2.05, 4.69) is 11.8 Å². The summed E-state index contributed by atoms with van der Waals surface area (Å²) < 4.78 is 0. The van der Waals surface area contributed by atoms with E-state index in [0.717, 1.165) is 6.54 Å². The monoisotopic (exact) mass is 240 g/mol. The van der Waals surface area contributed by atoms with Gasteiger partial charge in [0.15, 0.2) is 0 Å². The zero-order chi connectivity index (χ0) is 12.3. The van der Waals surface area contributed by atoms with Crippen LogP contribution >= 0.6 is 0 Å². The van der Waals surface area contributed by atoms with Gasteiger partial charge in [0.2, 0.25) is 0 Å². The Balaban J connectivity index is 2.10. The van der Waals surface area contributed by atoms with Crippen LogP contribution in [0.15, 0.2) is 0 Å². The Bertz CT molecular complexity index is 170. The Hall–Kier alpha value is -0.0800. The summed E-state index contributed by atoms with van der Waals surface area (Å²) in [4.78, 5) is 2.66. The molecule has 2 heteroatoms. The normalized spacial score (nSPS) is 22.6. The van der Waals surface area contributed by atoms with Gasteiger partial charge < -0.3 is 5.73 Å². The van der Waals surface area contributed by atoms with E-state index in [1.165, 1.54) is 77.3 Å². The van der Waals surface area contributed by atoms with Crippen molar-refractivity contribution in [3.8, 4) is 0 Å². The summed E-state index contributed by atoms with van der Waals surface area (Å²) in [5.41, 5.74) is 5.89. The molecule has 1 fully saturated rings. The molecular weight excluding hydrogens is 208 g/mol. The molecule has 17 heavy (non-hydrogen) atoms. The van der Waals surface area contributed by atoms with Crippen molar-refractivity contribution in [2.45, 2.75) is 77.2 Å². The maximum atomic E-state index is 5.89. The first-order valence-corrected chi connectivity index (χ1v) is 7.82. The lowest BCUT2D eigenvalue weighted by atomic mass is 10.1. The Morgan fingerprint density at radius 2 is 1.76 bits per heavy atom. The Kier molecular flexibility index (Phi) is 8.72. The molecule has 0 aromatic rings. The van der Waals surface area contributed by atoms with Gasteiger partial charge in [-0.3, -0.25) is 4.90 Å². The number of hydrogen-bond acceptors (Lipinski definition) is 2. The third kappa shape index (κ3) is 6.42. The lowest BCUT2D eigenvalue weighted by Gasteiger charge is -2.28. The van der Waals surface area contributed by atoms with Gasteiger partial charge in [-0.1, -0.05) is 51.9 Å². The molecule has 2 nitrogen and oxygen atoms in total. The largest absolute Gasteiger partial charge is 0.329 e. The number of rotatable bonds is 8. The third-order valence-electron chi connectivity index (χ3n) is 4.07. The van der Waals surface area contributed by atoms with Gasteiger partial charge in [0.25, 0.3) is 0 Å². The molecule has 0 aromatic carbocycles. The fraction of sp³-hybridized carbons (Fsp3) is 1.00. The summed E-state index contributed by atoms with van der Waals surface area (Å²) in [6, 6.07) is 0.674. The van der Waals surface area contributed by atoms with Gasteiger partial charge in [-0.2, -0.15) is 0 Å². The molecule has 1 rings (SSSR count). The maximum absolute atomic E-state index is 5.89. The van der Waals surface area contributed by atoms with E-state index in [9.17, 15) is 0 Å². The molecule has 1 atom stereocenters. The highest BCUT2D eigenvalue weighted by Crippen LogP contribution is 2.17. The third-order valence-corrected chi connectivity index (χ3v) is 4.07. The highest BCUT2D eigenvalue weighted by atomic mass is 15.2. The van der Waals surface area contributed by atoms with Gasteiger partial charge in [-0.05, 0) is 32.4 Å². The zero-order valence-corrected chi connectivity index (χ0v) is 11.8. The van der Waals surface area contributed by atoms with Crippen molar-refractivity contribution in [1.82, 2.24) is 4.90 Å². The molecule has 1 aliphatic heterocycles. The number of likely N-dealkylation sites (tertiary alicyclic amines) is 1. The van der Waals surface area contributed by atoms with E-state index < -0.39 is 0 Å². The average molecular weight is 240 g/mol. The van der Waals surface area contributed by atoms with E-state index in [-0.39, 0.29) is 0 Å². The lowest BCUT2D eigenvalue weighted by molar-refractivity contribution is 0.200. The first kappa shape index (κ1) is 15.0. The van der Waals surface area contributed by atoms with Gasteiger partial charge in [0.05, 0.1) is 0 Å². The summed E-state index contributed by atoms with van der Waals surface area (Å²) in [7, 11) is 0. The van der Waals surface area contributed by atoms with Crippen LogP contribution in [-0.2, 0) is 0 Å². The molecule has 102 valence electrons. The van der Waals surface area contributed by atoms with Gasteiger partial charge in [-0.25, -0.2) is 0 Å². The van der Waals surface area contributed by atoms with Crippen molar-refractivity contribution in [1.29, 1.82) is 0 Å². The molecule has 0 aliphatic carbocycles. The summed E-state index contributed by atoms with van der Waals surface area (Å²) in [5.74, 6) is 0. The molecule has 1 unspecified atom stereocenters. The molecular formula is C15H32N2. The minimum absolute atomic E-state index is 0.674. The standard InChI is InChI=1S/C15H32N2/c1-2-3-4-5-6-9-12-17-13-10-7-8-11-15(17)14-16/h15H,2-14,16H2,1H3. The highest BCUT2D eigenvalue weighted by molar-refractivity contribution is 4.75. The molecule has 1 saturated heterocycles. The van der Waals surface area contributed by atoms with Crippen LogP contribution in [0.4, 0.5) is 0 Å². The second-order valence-electron chi connectivity index (χ2n) is 5.54. The van der Waals surface area contributed by atoms with Crippen LogP contribution in [0, 0.1) is 0 Å². The topological polar surface area (TPSA) is 29.3 Å². The molecule has 1 aliphatic rings. The molecule has 0 bridgehead atoms. The second kappa shape index (κ2) is 9.90. The molecule has 1 heterocycles. The van der Waals surface area contributed by atoms with E-state index in [0.29, 0.717) is 6.04 Å². The number of nitrogens with zero attached hydrogens (tertiary/aromatic N) is 1. The zero-order valence-electron chi connectivity index (χ0n) is 11.8. The van der Waals surface area contributed by atoms with E-state index >= 15 is 0 Å². The van der Waals surface area contributed by atoms with Crippen LogP contribution in [0.2, 0.25) is 0 Å². The van der Waals surface area contributed by atoms with Crippen molar-refractivity contribution in [2.75, 3.05) is 19.6 Å². The van der Waals surface area contributed by atoms with Gasteiger partial charge in [-0.15, -0.1) is 0 Å². The molecule has 0 spiro atoms. The fourth-order valence-electron chi connectivity index (χ4n) is 2.89. The van der Waals surface area contributed by atoms with E-state index in [1.54, 1.807) is 0 Å². The Morgan fingerprint density at radius 1 is 1.00 bits per heavy atom. The van der Waals surface area contributed by atoms with Crippen molar-refractivity contribution >= 4 is 0 Å². The van der Waals surface area contributed by atoms with Crippen LogP contribution in [0.5, 0.6) is 0 Å². The SMILES string of the molecule is CCCCCCCCN1CCCCCC1CN. The Morgan fingerprint density at radius 3 is 2.53 bits per heavy atom. The number of nitrogens with two attached hydrogens (primary N) is 1. The average Bonchev–Trinajstić information content (AvgIpc) is 2.58. The van der Waals surface area contributed by atoms with Gasteiger partial charge >= 0.3 is 0 Å². The molecule has 2 N–H and O–H groups in total. The summed E-state index contributed by atoms with van der Waals surface area (Å²) >= 11 is 0. The predicted molar refractivity (Wildman–Crippen MR) is 76.3 cm³/mol. The van der Waals surface area contributed by atoms with E-state index in [4.69, 9.17) is 5.73 Å². The van der Waals surface area contributed by atoms with Crippen molar-refractivity contribution < 1.29 is 0 Å². The quantitative estimate of drug-likeness (QED) is 0.657. The summed E-state index contributed by atoms with van der Waals surface area (Å²) in [5, 5.41) is 0. The molecule has 0 saturated carbocycles. The number of unbranched alkanes of at least 4 members (excludes halogenated alkanes) is 5. The minimum Gasteiger partial charge on any atom is -0.329 e. The second-order valence-corrected chi connectivity index (χ2v) is 5.54. The first-order valence-electron chi connectivity index (χ1n) is 7.82. The van der Waals surface area contributed by atoms with Crippen LogP contribution < -0.4 is 5.73 Å². The smallest absolute Gasteiger partial charge is 0.0218 e.